The lowest BCUT2D eigenvalue weighted by molar-refractivity contribution is -0.00769. The average Bonchev–Trinajstić information content (AvgIpc) is 2.50. The first-order valence-electron chi connectivity index (χ1n) is 7.20. The van der Waals surface area contributed by atoms with Crippen molar-refractivity contribution in [1.82, 2.24) is 14.4 Å². The topological polar surface area (TPSA) is 103 Å². The number of aromatic hydroxyl groups is 1. The van der Waals surface area contributed by atoms with Gasteiger partial charge in [-0.05, 0) is 13.0 Å². The number of carbonyl (C=O) groups is 2. The molecular formula is C14H17N3O5. The lowest BCUT2D eigenvalue weighted by Gasteiger charge is -2.46. The third-order valence-corrected chi connectivity index (χ3v) is 4.34. The van der Waals surface area contributed by atoms with Crippen molar-refractivity contribution in [2.24, 2.45) is 0 Å². The molecule has 0 spiro atoms. The second kappa shape index (κ2) is 5.13. The number of likely N-dealkylation sites (N-methyl/N-ethyl adjacent to an activating group) is 1. The van der Waals surface area contributed by atoms with Crippen LogP contribution in [-0.2, 0) is 6.54 Å². The maximum absolute atomic E-state index is 12.6. The number of rotatable bonds is 2. The second-order valence-corrected chi connectivity index (χ2v) is 5.49. The minimum Gasteiger partial charge on any atom is -0.503 e. The zero-order valence-corrected chi connectivity index (χ0v) is 12.2. The third-order valence-electron chi connectivity index (χ3n) is 4.34. The van der Waals surface area contributed by atoms with Gasteiger partial charge in [0.25, 0.3) is 5.91 Å². The molecule has 22 heavy (non-hydrogen) atoms. The predicted molar refractivity (Wildman–Crippen MR) is 76.0 cm³/mol. The Morgan fingerprint density at radius 1 is 1.36 bits per heavy atom. The molecule has 8 heteroatoms. The van der Waals surface area contributed by atoms with Crippen molar-refractivity contribution < 1.29 is 19.8 Å². The molecule has 0 saturated carbocycles. The van der Waals surface area contributed by atoms with Crippen molar-refractivity contribution in [3.8, 4) is 5.75 Å². The lowest BCUT2D eigenvalue weighted by atomic mass is 10.1. The van der Waals surface area contributed by atoms with Gasteiger partial charge in [0, 0.05) is 19.3 Å². The van der Waals surface area contributed by atoms with E-state index < -0.39 is 28.6 Å². The van der Waals surface area contributed by atoms with Crippen molar-refractivity contribution >= 4 is 11.9 Å². The average molecular weight is 307 g/mol. The Morgan fingerprint density at radius 2 is 2.09 bits per heavy atom. The summed E-state index contributed by atoms with van der Waals surface area (Å²) in [5.41, 5.74) is -1.67. The number of pyridine rings is 1. The van der Waals surface area contributed by atoms with E-state index in [0.717, 1.165) is 25.7 Å². The van der Waals surface area contributed by atoms with Gasteiger partial charge in [0.2, 0.25) is 5.43 Å². The van der Waals surface area contributed by atoms with Crippen LogP contribution >= 0.6 is 0 Å². The Labute approximate surface area is 126 Å². The van der Waals surface area contributed by atoms with Crippen LogP contribution in [0.4, 0.5) is 0 Å². The van der Waals surface area contributed by atoms with Crippen molar-refractivity contribution in [3.63, 3.8) is 0 Å². The lowest BCUT2D eigenvalue weighted by Crippen LogP contribution is -2.60. The van der Waals surface area contributed by atoms with E-state index in [0.29, 0.717) is 13.1 Å². The van der Waals surface area contributed by atoms with E-state index in [4.69, 9.17) is 5.11 Å². The monoisotopic (exact) mass is 307 g/mol. The van der Waals surface area contributed by atoms with Crippen LogP contribution < -0.4 is 5.43 Å². The number of nitrogens with zero attached hydrogens (tertiary/aromatic N) is 3. The largest absolute Gasteiger partial charge is 0.503 e. The molecular weight excluding hydrogens is 290 g/mol. The predicted octanol–water partition coefficient (Wildman–Crippen LogP) is -0.240. The number of fused-ring (bicyclic) bond motifs is 2. The number of hydrogen-bond donors (Lipinski definition) is 2. The summed E-state index contributed by atoms with van der Waals surface area (Å²) in [6.45, 7) is 4.52. The van der Waals surface area contributed by atoms with Crippen LogP contribution in [0.5, 0.6) is 5.75 Å². The van der Waals surface area contributed by atoms with Gasteiger partial charge in [-0.1, -0.05) is 6.92 Å². The van der Waals surface area contributed by atoms with E-state index >= 15 is 0 Å². The van der Waals surface area contributed by atoms with Crippen LogP contribution in [0, 0.1) is 0 Å². The van der Waals surface area contributed by atoms with Gasteiger partial charge in [-0.25, -0.2) is 4.79 Å². The SMILES string of the molecule is CCN1CCCN2C(=O)c3c(O)c(=O)c(C(=O)O)cn3CC12. The molecule has 1 fully saturated rings. The van der Waals surface area contributed by atoms with E-state index in [9.17, 15) is 19.5 Å². The highest BCUT2D eigenvalue weighted by Crippen LogP contribution is 2.27. The fraction of sp³-hybridized carbons (Fsp3) is 0.500. The first-order chi connectivity index (χ1) is 10.5. The molecule has 2 N–H and O–H groups in total. The molecule has 0 bridgehead atoms. The first-order valence-corrected chi connectivity index (χ1v) is 7.20. The summed E-state index contributed by atoms with van der Waals surface area (Å²) in [6.07, 6.45) is 1.80. The number of carboxylic acid groups (broad SMARTS) is 1. The van der Waals surface area contributed by atoms with Crippen LogP contribution in [-0.4, -0.2) is 62.3 Å². The highest BCUT2D eigenvalue weighted by Gasteiger charge is 2.40. The van der Waals surface area contributed by atoms with Gasteiger partial charge in [-0.2, -0.15) is 0 Å². The molecule has 3 rings (SSSR count). The van der Waals surface area contributed by atoms with Gasteiger partial charge in [0.05, 0.1) is 6.54 Å². The number of aromatic carboxylic acids is 1. The highest BCUT2D eigenvalue weighted by molar-refractivity contribution is 5.97. The molecule has 1 amide bonds. The maximum atomic E-state index is 12.6. The van der Waals surface area contributed by atoms with Gasteiger partial charge in [0.1, 0.15) is 11.7 Å². The molecule has 8 nitrogen and oxygen atoms in total. The molecule has 0 radical (unpaired) electrons. The summed E-state index contributed by atoms with van der Waals surface area (Å²) in [6, 6.07) is 0. The number of hydrogen-bond acceptors (Lipinski definition) is 5. The highest BCUT2D eigenvalue weighted by atomic mass is 16.4. The molecule has 2 aliphatic heterocycles. The summed E-state index contributed by atoms with van der Waals surface area (Å²) in [4.78, 5) is 39.4. The zero-order valence-electron chi connectivity index (χ0n) is 12.2. The molecule has 1 saturated heterocycles. The molecule has 1 unspecified atom stereocenters. The van der Waals surface area contributed by atoms with E-state index in [1.165, 1.54) is 4.57 Å². The fourth-order valence-corrected chi connectivity index (χ4v) is 3.24. The summed E-state index contributed by atoms with van der Waals surface area (Å²) in [5, 5.41) is 19.1. The minimum atomic E-state index is -1.42. The Balaban J connectivity index is 2.15. The Hall–Kier alpha value is -2.35. The van der Waals surface area contributed by atoms with Crippen LogP contribution in [0.15, 0.2) is 11.0 Å². The van der Waals surface area contributed by atoms with Crippen LogP contribution in [0.2, 0.25) is 0 Å². The fourth-order valence-electron chi connectivity index (χ4n) is 3.24. The minimum absolute atomic E-state index is 0.121. The van der Waals surface area contributed by atoms with Gasteiger partial charge in [-0.15, -0.1) is 0 Å². The summed E-state index contributed by atoms with van der Waals surface area (Å²) < 4.78 is 1.39. The van der Waals surface area contributed by atoms with Crippen LogP contribution in [0.3, 0.4) is 0 Å². The molecule has 1 atom stereocenters. The number of aromatic nitrogens is 1. The number of carboxylic acids is 1. The number of amides is 1. The summed E-state index contributed by atoms with van der Waals surface area (Å²) in [7, 11) is 0. The Bertz CT molecular complexity index is 711. The molecule has 1 aromatic heterocycles. The van der Waals surface area contributed by atoms with Gasteiger partial charge in [-0.3, -0.25) is 14.5 Å². The maximum Gasteiger partial charge on any atom is 0.341 e. The van der Waals surface area contributed by atoms with E-state index in [-0.39, 0.29) is 11.9 Å². The van der Waals surface area contributed by atoms with Crippen molar-refractivity contribution in [2.45, 2.75) is 26.1 Å². The van der Waals surface area contributed by atoms with E-state index in [1.807, 2.05) is 6.92 Å². The Morgan fingerprint density at radius 3 is 2.73 bits per heavy atom. The standard InChI is InChI=1S/C14H17N3O5/c1-2-15-4-3-5-17-9(15)7-16-6-8(14(21)22)11(18)12(19)10(16)13(17)20/h6,9,19H,2-5,7H2,1H3,(H,21,22). The second-order valence-electron chi connectivity index (χ2n) is 5.49. The van der Waals surface area contributed by atoms with Gasteiger partial charge < -0.3 is 19.7 Å². The van der Waals surface area contributed by atoms with E-state index in [1.54, 1.807) is 4.90 Å². The van der Waals surface area contributed by atoms with Gasteiger partial charge in [0.15, 0.2) is 11.4 Å². The molecule has 0 aliphatic carbocycles. The quantitative estimate of drug-likeness (QED) is 0.781. The Kier molecular flexibility index (Phi) is 3.40. The van der Waals surface area contributed by atoms with E-state index in [2.05, 4.69) is 4.90 Å². The smallest absolute Gasteiger partial charge is 0.341 e. The van der Waals surface area contributed by atoms with Crippen molar-refractivity contribution in [2.75, 3.05) is 19.6 Å². The summed E-state index contributed by atoms with van der Waals surface area (Å²) in [5.74, 6) is -2.63. The van der Waals surface area contributed by atoms with Gasteiger partial charge >= 0.3 is 5.97 Å². The normalized spacial score (nSPS) is 21.4. The zero-order chi connectivity index (χ0) is 16.0. The van der Waals surface area contributed by atoms with Crippen LogP contribution in [0.1, 0.15) is 34.2 Å². The van der Waals surface area contributed by atoms with Crippen molar-refractivity contribution in [3.05, 3.63) is 27.7 Å². The molecule has 1 aromatic rings. The number of carbonyl (C=O) groups excluding carboxylic acids is 1. The summed E-state index contributed by atoms with van der Waals surface area (Å²) >= 11 is 0. The molecule has 118 valence electrons. The third kappa shape index (κ3) is 1.98. The van der Waals surface area contributed by atoms with Crippen LogP contribution in [0.25, 0.3) is 0 Å². The van der Waals surface area contributed by atoms with Crippen molar-refractivity contribution in [1.29, 1.82) is 0 Å². The molecule has 3 heterocycles. The molecule has 2 aliphatic rings. The first kappa shape index (κ1) is 14.6. The molecule has 0 aromatic carbocycles.